The number of piperidine rings is 2. The number of halogens is 1. The maximum Gasteiger partial charge on any atom is 0.209 e. The minimum Gasteiger partial charge on any atom is -0.389 e. The summed E-state index contributed by atoms with van der Waals surface area (Å²) in [5.74, 6) is 0.369. The number of alkyl halides is 1. The van der Waals surface area contributed by atoms with Crippen molar-refractivity contribution in [2.45, 2.75) is 75.0 Å². The minimum absolute atomic E-state index is 0.0539. The number of aliphatic hydroxyl groups is 3. The molecule has 0 bridgehead atoms. The van der Waals surface area contributed by atoms with Crippen LogP contribution in [0.4, 0.5) is 4.39 Å². The third kappa shape index (κ3) is 4.32. The molecule has 0 aromatic heterocycles. The van der Waals surface area contributed by atoms with Crippen LogP contribution >= 0.6 is 0 Å². The third-order valence-corrected chi connectivity index (χ3v) is 6.33. The van der Waals surface area contributed by atoms with Gasteiger partial charge in [0.05, 0.1) is 12.2 Å². The van der Waals surface area contributed by atoms with Crippen LogP contribution < -0.4 is 0 Å². The molecule has 4 atom stereocenters. The number of carbonyl (C=O) groups excluding carboxylic acids is 1. The second kappa shape index (κ2) is 7.86. The van der Waals surface area contributed by atoms with Gasteiger partial charge in [0.25, 0.3) is 0 Å². The average molecular weight is 358 g/mol. The quantitative estimate of drug-likeness (QED) is 0.630. The van der Waals surface area contributed by atoms with Gasteiger partial charge in [-0.05, 0) is 18.8 Å². The number of aliphatic hydroxyl groups excluding tert-OH is 3. The standard InChI is InChI=1S/C18H31FN2O4/c19-18(11-20-9-15(23)17(25)16(24)10-20)6-7-21(12-22)14(8-18)13-4-2-1-3-5-13/h12-17,23-25H,1-11H2. The molecule has 1 aliphatic carbocycles. The summed E-state index contributed by atoms with van der Waals surface area (Å²) < 4.78 is 15.6. The Morgan fingerprint density at radius 2 is 1.72 bits per heavy atom. The van der Waals surface area contributed by atoms with E-state index in [2.05, 4.69) is 0 Å². The molecule has 3 aliphatic rings. The number of β-amino-alcohol motifs (C(OH)–C–C–N with tert-alkyl or cyclic N) is 2. The first-order valence-corrected chi connectivity index (χ1v) is 9.58. The first kappa shape index (κ1) is 19.0. The molecule has 144 valence electrons. The van der Waals surface area contributed by atoms with Crippen LogP contribution in [-0.4, -0.2) is 87.7 Å². The van der Waals surface area contributed by atoms with Crippen LogP contribution in [0.3, 0.4) is 0 Å². The number of hydrogen-bond acceptors (Lipinski definition) is 5. The van der Waals surface area contributed by atoms with Crippen LogP contribution in [0, 0.1) is 5.92 Å². The van der Waals surface area contributed by atoms with Gasteiger partial charge in [-0.15, -0.1) is 0 Å². The molecule has 3 N–H and O–H groups in total. The van der Waals surface area contributed by atoms with Crippen molar-refractivity contribution in [3.8, 4) is 0 Å². The molecule has 25 heavy (non-hydrogen) atoms. The molecule has 1 saturated carbocycles. The smallest absolute Gasteiger partial charge is 0.209 e. The molecule has 2 aliphatic heterocycles. The monoisotopic (exact) mass is 358 g/mol. The summed E-state index contributed by atoms with van der Waals surface area (Å²) in [5.41, 5.74) is -1.43. The molecule has 2 saturated heterocycles. The molecular weight excluding hydrogens is 327 g/mol. The Morgan fingerprint density at radius 1 is 1.08 bits per heavy atom. The largest absolute Gasteiger partial charge is 0.389 e. The molecule has 3 fully saturated rings. The lowest BCUT2D eigenvalue weighted by atomic mass is 9.76. The highest BCUT2D eigenvalue weighted by Crippen LogP contribution is 2.39. The van der Waals surface area contributed by atoms with Crippen molar-refractivity contribution in [2.75, 3.05) is 26.2 Å². The van der Waals surface area contributed by atoms with Gasteiger partial charge in [0.2, 0.25) is 6.41 Å². The summed E-state index contributed by atoms with van der Waals surface area (Å²) in [5, 5.41) is 29.3. The SMILES string of the molecule is O=CN1CCC(F)(CN2CC(O)C(O)C(O)C2)CC1C1CCCCC1. The zero-order valence-corrected chi connectivity index (χ0v) is 14.8. The number of carbonyl (C=O) groups is 1. The van der Waals surface area contributed by atoms with Crippen molar-refractivity contribution >= 4 is 6.41 Å². The van der Waals surface area contributed by atoms with Gasteiger partial charge in [-0.25, -0.2) is 4.39 Å². The van der Waals surface area contributed by atoms with Crippen LogP contribution in [-0.2, 0) is 4.79 Å². The van der Waals surface area contributed by atoms with Gasteiger partial charge in [0.15, 0.2) is 0 Å². The zero-order valence-electron chi connectivity index (χ0n) is 14.8. The number of likely N-dealkylation sites (tertiary alicyclic amines) is 2. The summed E-state index contributed by atoms with van der Waals surface area (Å²) in [4.78, 5) is 14.9. The van der Waals surface area contributed by atoms with Gasteiger partial charge in [-0.2, -0.15) is 0 Å². The van der Waals surface area contributed by atoms with Gasteiger partial charge >= 0.3 is 0 Å². The van der Waals surface area contributed by atoms with Crippen LogP contribution in [0.5, 0.6) is 0 Å². The molecule has 4 unspecified atom stereocenters. The molecule has 1 amide bonds. The van der Waals surface area contributed by atoms with E-state index < -0.39 is 24.0 Å². The van der Waals surface area contributed by atoms with Crippen LogP contribution in [0.1, 0.15) is 44.9 Å². The highest BCUT2D eigenvalue weighted by molar-refractivity contribution is 5.48. The Hall–Kier alpha value is -0.760. The van der Waals surface area contributed by atoms with E-state index in [0.717, 1.165) is 32.1 Å². The highest BCUT2D eigenvalue weighted by Gasteiger charge is 2.45. The summed E-state index contributed by atoms with van der Waals surface area (Å²) in [6.07, 6.45) is 3.80. The lowest BCUT2D eigenvalue weighted by Gasteiger charge is -2.47. The predicted molar refractivity (Wildman–Crippen MR) is 90.7 cm³/mol. The Labute approximate surface area is 148 Å². The van der Waals surface area contributed by atoms with E-state index in [1.807, 2.05) is 0 Å². The molecule has 0 spiro atoms. The van der Waals surface area contributed by atoms with Crippen LogP contribution in [0.25, 0.3) is 0 Å². The number of nitrogens with zero attached hydrogens (tertiary/aromatic N) is 2. The maximum absolute atomic E-state index is 15.6. The van der Waals surface area contributed by atoms with Crippen molar-refractivity contribution in [2.24, 2.45) is 5.92 Å². The maximum atomic E-state index is 15.6. The van der Waals surface area contributed by atoms with Gasteiger partial charge in [0.1, 0.15) is 11.8 Å². The van der Waals surface area contributed by atoms with Gasteiger partial charge in [-0.1, -0.05) is 19.3 Å². The second-order valence-electron chi connectivity index (χ2n) is 8.23. The average Bonchev–Trinajstić information content (AvgIpc) is 2.60. The topological polar surface area (TPSA) is 84.2 Å². The predicted octanol–water partition coefficient (Wildman–Crippen LogP) is 0.294. The Balaban J connectivity index is 1.65. The Bertz CT molecular complexity index is 450. The van der Waals surface area contributed by atoms with E-state index in [4.69, 9.17) is 0 Å². The molecular formula is C18H31FN2O4. The van der Waals surface area contributed by atoms with E-state index in [1.54, 1.807) is 9.80 Å². The number of rotatable bonds is 4. The van der Waals surface area contributed by atoms with Gasteiger partial charge in [-0.3, -0.25) is 9.69 Å². The van der Waals surface area contributed by atoms with Crippen molar-refractivity contribution < 1.29 is 24.5 Å². The summed E-state index contributed by atoms with van der Waals surface area (Å²) >= 11 is 0. The second-order valence-corrected chi connectivity index (χ2v) is 8.23. The van der Waals surface area contributed by atoms with Crippen LogP contribution in [0.15, 0.2) is 0 Å². The van der Waals surface area contributed by atoms with E-state index in [-0.39, 0.29) is 32.1 Å². The first-order chi connectivity index (χ1) is 11.9. The summed E-state index contributed by atoms with van der Waals surface area (Å²) in [6, 6.07) is -0.0539. The molecule has 0 aromatic rings. The van der Waals surface area contributed by atoms with Crippen molar-refractivity contribution in [1.29, 1.82) is 0 Å². The zero-order chi connectivity index (χ0) is 18.0. The van der Waals surface area contributed by atoms with Gasteiger partial charge in [0, 0.05) is 45.1 Å². The Morgan fingerprint density at radius 3 is 2.32 bits per heavy atom. The molecule has 0 aromatic carbocycles. The summed E-state index contributed by atoms with van der Waals surface area (Å²) in [7, 11) is 0. The molecule has 7 heteroatoms. The first-order valence-electron chi connectivity index (χ1n) is 9.58. The summed E-state index contributed by atoms with van der Waals surface area (Å²) in [6.45, 7) is 0.872. The fourth-order valence-corrected chi connectivity index (χ4v) is 4.93. The van der Waals surface area contributed by atoms with Crippen LogP contribution in [0.2, 0.25) is 0 Å². The molecule has 0 radical (unpaired) electrons. The minimum atomic E-state index is -1.43. The van der Waals surface area contributed by atoms with E-state index >= 15 is 4.39 Å². The fourth-order valence-electron chi connectivity index (χ4n) is 4.93. The molecule has 2 heterocycles. The van der Waals surface area contributed by atoms with Crippen molar-refractivity contribution in [1.82, 2.24) is 9.80 Å². The number of amides is 1. The van der Waals surface area contributed by atoms with E-state index in [9.17, 15) is 20.1 Å². The molecule has 6 nitrogen and oxygen atoms in total. The normalized spacial score (nSPS) is 41.7. The highest BCUT2D eigenvalue weighted by atomic mass is 19.1. The van der Waals surface area contributed by atoms with Gasteiger partial charge < -0.3 is 20.2 Å². The van der Waals surface area contributed by atoms with E-state index in [0.29, 0.717) is 18.9 Å². The number of hydrogen-bond donors (Lipinski definition) is 3. The molecule has 3 rings (SSSR count). The lowest BCUT2D eigenvalue weighted by molar-refractivity contribution is -0.132. The van der Waals surface area contributed by atoms with Crippen molar-refractivity contribution in [3.05, 3.63) is 0 Å². The fraction of sp³-hybridized carbons (Fsp3) is 0.944. The third-order valence-electron chi connectivity index (χ3n) is 6.33. The lowest BCUT2D eigenvalue weighted by Crippen LogP contribution is -2.60. The Kier molecular flexibility index (Phi) is 5.98. The van der Waals surface area contributed by atoms with Crippen molar-refractivity contribution in [3.63, 3.8) is 0 Å². The van der Waals surface area contributed by atoms with E-state index in [1.165, 1.54) is 6.42 Å².